The fourth-order valence-corrected chi connectivity index (χ4v) is 3.10. The average Bonchev–Trinajstić information content (AvgIpc) is 3.43. The summed E-state index contributed by atoms with van der Waals surface area (Å²) < 4.78 is 10.4. The van der Waals surface area contributed by atoms with Gasteiger partial charge in [-0.3, -0.25) is 4.98 Å². The molecule has 3 heterocycles. The topological polar surface area (TPSA) is 106 Å². The first-order chi connectivity index (χ1) is 13.7. The first kappa shape index (κ1) is 17.9. The summed E-state index contributed by atoms with van der Waals surface area (Å²) in [6.45, 7) is 1.66. The van der Waals surface area contributed by atoms with Gasteiger partial charge >= 0.3 is 6.03 Å². The molecule has 0 spiro atoms. The van der Waals surface area contributed by atoms with Crippen molar-refractivity contribution in [3.63, 3.8) is 0 Å². The van der Waals surface area contributed by atoms with Gasteiger partial charge in [-0.05, 0) is 24.1 Å². The van der Waals surface area contributed by atoms with Crippen LogP contribution in [0.1, 0.15) is 23.7 Å². The number of amides is 2. The third kappa shape index (κ3) is 3.93. The Labute approximate surface area is 161 Å². The summed E-state index contributed by atoms with van der Waals surface area (Å²) in [7, 11) is 1.63. The van der Waals surface area contributed by atoms with E-state index in [-0.39, 0.29) is 11.9 Å². The number of ether oxygens (including phenoxy) is 1. The van der Waals surface area contributed by atoms with E-state index in [1.165, 1.54) is 0 Å². The normalized spacial score (nSPS) is 16.2. The number of rotatable bonds is 5. The number of carbonyl (C=O) groups is 1. The second kappa shape index (κ2) is 8.03. The predicted molar refractivity (Wildman–Crippen MR) is 99.5 cm³/mol. The zero-order valence-electron chi connectivity index (χ0n) is 15.4. The van der Waals surface area contributed by atoms with Crippen molar-refractivity contribution in [2.24, 2.45) is 0 Å². The third-order valence-corrected chi connectivity index (χ3v) is 4.67. The SMILES string of the molecule is COc1ccc(CNC(=O)N2CCC(c3noc(-c4cnccn4)n3)C2)cc1. The van der Waals surface area contributed by atoms with Gasteiger partial charge in [0.1, 0.15) is 11.4 Å². The number of urea groups is 1. The van der Waals surface area contributed by atoms with Crippen LogP contribution in [-0.4, -0.2) is 51.2 Å². The number of carbonyl (C=O) groups excluding carboxylic acids is 1. The van der Waals surface area contributed by atoms with Crippen molar-refractivity contribution >= 4 is 6.03 Å². The lowest BCUT2D eigenvalue weighted by Gasteiger charge is -2.17. The summed E-state index contributed by atoms with van der Waals surface area (Å²) in [6.07, 6.45) is 5.52. The van der Waals surface area contributed by atoms with E-state index in [0.717, 1.165) is 17.7 Å². The van der Waals surface area contributed by atoms with Crippen LogP contribution in [0, 0.1) is 0 Å². The van der Waals surface area contributed by atoms with Gasteiger partial charge in [0.25, 0.3) is 5.89 Å². The lowest BCUT2D eigenvalue weighted by atomic mass is 10.1. The molecule has 1 atom stereocenters. The van der Waals surface area contributed by atoms with Crippen molar-refractivity contribution in [1.82, 2.24) is 30.3 Å². The molecular formula is C19H20N6O3. The number of aromatic nitrogens is 4. The fourth-order valence-electron chi connectivity index (χ4n) is 3.10. The molecule has 9 heteroatoms. The molecule has 1 fully saturated rings. The van der Waals surface area contributed by atoms with Crippen LogP contribution in [0.4, 0.5) is 4.79 Å². The van der Waals surface area contributed by atoms with E-state index in [1.54, 1.807) is 30.6 Å². The van der Waals surface area contributed by atoms with E-state index in [4.69, 9.17) is 9.26 Å². The highest BCUT2D eigenvalue weighted by Gasteiger charge is 2.30. The minimum atomic E-state index is -0.101. The van der Waals surface area contributed by atoms with Crippen LogP contribution in [0.25, 0.3) is 11.6 Å². The molecule has 4 rings (SSSR count). The highest BCUT2D eigenvalue weighted by atomic mass is 16.5. The predicted octanol–water partition coefficient (Wildman–Crippen LogP) is 2.23. The maximum Gasteiger partial charge on any atom is 0.317 e. The molecule has 0 saturated carbocycles. The molecule has 0 aliphatic carbocycles. The van der Waals surface area contributed by atoms with E-state index in [2.05, 4.69) is 25.4 Å². The quantitative estimate of drug-likeness (QED) is 0.723. The molecule has 9 nitrogen and oxygen atoms in total. The second-order valence-electron chi connectivity index (χ2n) is 6.49. The van der Waals surface area contributed by atoms with E-state index in [1.807, 2.05) is 24.3 Å². The van der Waals surface area contributed by atoms with Gasteiger partial charge in [0.15, 0.2) is 5.82 Å². The van der Waals surface area contributed by atoms with Gasteiger partial charge in [0.2, 0.25) is 0 Å². The lowest BCUT2D eigenvalue weighted by Crippen LogP contribution is -2.38. The van der Waals surface area contributed by atoms with Crippen LogP contribution in [-0.2, 0) is 6.54 Å². The molecule has 1 unspecified atom stereocenters. The Morgan fingerprint density at radius 3 is 2.93 bits per heavy atom. The van der Waals surface area contributed by atoms with Crippen LogP contribution in [0.15, 0.2) is 47.4 Å². The highest BCUT2D eigenvalue weighted by Crippen LogP contribution is 2.26. The van der Waals surface area contributed by atoms with Crippen molar-refractivity contribution in [2.45, 2.75) is 18.9 Å². The standard InChI is InChI=1S/C19H20N6O3/c1-27-15-4-2-13(3-5-15)10-22-19(26)25-9-6-14(12-25)17-23-18(28-24-17)16-11-20-7-8-21-16/h2-5,7-8,11,14H,6,9-10,12H2,1H3,(H,22,26). The number of methoxy groups -OCH3 is 1. The summed E-state index contributed by atoms with van der Waals surface area (Å²) in [5.41, 5.74) is 1.55. The molecule has 0 radical (unpaired) electrons. The maximum atomic E-state index is 12.5. The van der Waals surface area contributed by atoms with Crippen molar-refractivity contribution in [1.29, 1.82) is 0 Å². The van der Waals surface area contributed by atoms with Gasteiger partial charge in [-0.1, -0.05) is 17.3 Å². The third-order valence-electron chi connectivity index (χ3n) is 4.67. The fraction of sp³-hybridized carbons (Fsp3) is 0.316. The summed E-state index contributed by atoms with van der Waals surface area (Å²) in [6, 6.07) is 7.51. The van der Waals surface area contributed by atoms with E-state index in [9.17, 15) is 4.79 Å². The average molecular weight is 380 g/mol. The maximum absolute atomic E-state index is 12.5. The van der Waals surface area contributed by atoms with Crippen molar-refractivity contribution in [3.05, 3.63) is 54.2 Å². The van der Waals surface area contributed by atoms with E-state index < -0.39 is 0 Å². The molecule has 144 valence electrons. The molecule has 2 aromatic heterocycles. The minimum absolute atomic E-state index is 0.0425. The Bertz CT molecular complexity index is 928. The smallest absolute Gasteiger partial charge is 0.317 e. The molecule has 1 aliphatic rings. The number of benzene rings is 1. The van der Waals surface area contributed by atoms with Crippen LogP contribution < -0.4 is 10.1 Å². The van der Waals surface area contributed by atoms with Crippen molar-refractivity contribution in [2.75, 3.05) is 20.2 Å². The summed E-state index contributed by atoms with van der Waals surface area (Å²) in [5, 5.41) is 7.00. The Morgan fingerprint density at radius 1 is 1.32 bits per heavy atom. The molecule has 1 aliphatic heterocycles. The van der Waals surface area contributed by atoms with Crippen LogP contribution >= 0.6 is 0 Å². The number of hydrogen-bond donors (Lipinski definition) is 1. The second-order valence-corrected chi connectivity index (χ2v) is 6.49. The molecule has 1 N–H and O–H groups in total. The summed E-state index contributed by atoms with van der Waals surface area (Å²) in [4.78, 5) is 26.8. The van der Waals surface area contributed by atoms with Gasteiger partial charge in [0, 0.05) is 37.9 Å². The zero-order valence-corrected chi connectivity index (χ0v) is 15.4. The van der Waals surface area contributed by atoms with E-state index >= 15 is 0 Å². The van der Waals surface area contributed by atoms with Crippen molar-refractivity contribution < 1.29 is 14.1 Å². The Morgan fingerprint density at radius 2 is 2.18 bits per heavy atom. The van der Waals surface area contributed by atoms with E-state index in [0.29, 0.717) is 37.0 Å². The number of nitrogens with zero attached hydrogens (tertiary/aromatic N) is 5. The van der Waals surface area contributed by atoms with Gasteiger partial charge in [-0.25, -0.2) is 9.78 Å². The Hall–Kier alpha value is -3.49. The summed E-state index contributed by atoms with van der Waals surface area (Å²) in [5.74, 6) is 1.76. The monoisotopic (exact) mass is 380 g/mol. The largest absolute Gasteiger partial charge is 0.497 e. The van der Waals surface area contributed by atoms with Gasteiger partial charge in [-0.15, -0.1) is 0 Å². The zero-order chi connectivity index (χ0) is 19.3. The van der Waals surface area contributed by atoms with Crippen LogP contribution in [0.5, 0.6) is 5.75 Å². The van der Waals surface area contributed by atoms with Gasteiger partial charge in [0.05, 0.1) is 13.3 Å². The van der Waals surface area contributed by atoms with Gasteiger partial charge in [-0.2, -0.15) is 4.98 Å². The molecule has 28 heavy (non-hydrogen) atoms. The number of likely N-dealkylation sites (tertiary alicyclic amines) is 1. The first-order valence-corrected chi connectivity index (χ1v) is 8.98. The molecule has 1 saturated heterocycles. The molecule has 1 aromatic carbocycles. The number of hydrogen-bond acceptors (Lipinski definition) is 7. The van der Waals surface area contributed by atoms with Gasteiger partial charge < -0.3 is 19.5 Å². The molecule has 2 amide bonds. The van der Waals surface area contributed by atoms with Crippen molar-refractivity contribution in [3.8, 4) is 17.3 Å². The molecular weight excluding hydrogens is 360 g/mol. The first-order valence-electron chi connectivity index (χ1n) is 8.98. The highest BCUT2D eigenvalue weighted by molar-refractivity contribution is 5.74. The minimum Gasteiger partial charge on any atom is -0.497 e. The number of nitrogens with one attached hydrogen (secondary N) is 1. The lowest BCUT2D eigenvalue weighted by molar-refractivity contribution is 0.207. The Balaban J connectivity index is 1.32. The molecule has 3 aromatic rings. The summed E-state index contributed by atoms with van der Waals surface area (Å²) >= 11 is 0. The Kier molecular flexibility index (Phi) is 5.14. The molecule has 0 bridgehead atoms. The van der Waals surface area contributed by atoms with Crippen LogP contribution in [0.3, 0.4) is 0 Å². The van der Waals surface area contributed by atoms with Crippen LogP contribution in [0.2, 0.25) is 0 Å².